The van der Waals surface area contributed by atoms with Crippen LogP contribution in [-0.4, -0.2) is 84.7 Å². The van der Waals surface area contributed by atoms with Crippen LogP contribution >= 0.6 is 0 Å². The third kappa shape index (κ3) is 4.76. The van der Waals surface area contributed by atoms with Crippen molar-refractivity contribution >= 4 is 16.7 Å². The van der Waals surface area contributed by atoms with E-state index >= 15 is 0 Å². The summed E-state index contributed by atoms with van der Waals surface area (Å²) < 4.78 is 48.4. The number of amides is 1. The molecule has 2 aliphatic heterocycles. The molecular formula is C29H27F3N4O5. The summed E-state index contributed by atoms with van der Waals surface area (Å²) in [5, 5.41) is 42.5. The van der Waals surface area contributed by atoms with Crippen molar-refractivity contribution in [2.24, 2.45) is 0 Å². The van der Waals surface area contributed by atoms with Gasteiger partial charge in [-0.1, -0.05) is 35.5 Å². The summed E-state index contributed by atoms with van der Waals surface area (Å²) >= 11 is 0. The van der Waals surface area contributed by atoms with E-state index in [4.69, 9.17) is 4.74 Å². The van der Waals surface area contributed by atoms with E-state index in [9.17, 15) is 33.3 Å². The molecule has 41 heavy (non-hydrogen) atoms. The van der Waals surface area contributed by atoms with Crippen LogP contribution in [0, 0.1) is 17.5 Å². The van der Waals surface area contributed by atoms with E-state index in [0.717, 1.165) is 27.6 Å². The number of halogens is 3. The standard InChI is InChI=1S/C29H27F3N4O5/c30-20-11-19(12-21(31)24(20)32)22-13-36(34-33-22)25-26(38)23(14-37)41-29(27(25)39)8-3-9-35(15-29)28(40)18-7-6-16-4-1-2-5-17(16)10-18/h1-2,4-7,10-13,23,25-27,37-39H,3,8-9,14-15H2/t23-,25+,26+,27-,29-/m1/s1. The van der Waals surface area contributed by atoms with Gasteiger partial charge < -0.3 is 25.0 Å². The van der Waals surface area contributed by atoms with E-state index in [1.807, 2.05) is 30.3 Å². The van der Waals surface area contributed by atoms with Gasteiger partial charge in [0.2, 0.25) is 0 Å². The molecule has 2 aliphatic rings. The molecule has 1 amide bonds. The second-order valence-electron chi connectivity index (χ2n) is 10.6. The Balaban J connectivity index is 1.30. The highest BCUT2D eigenvalue weighted by atomic mass is 19.2. The summed E-state index contributed by atoms with van der Waals surface area (Å²) in [4.78, 5) is 15.1. The summed E-state index contributed by atoms with van der Waals surface area (Å²) in [7, 11) is 0. The van der Waals surface area contributed by atoms with Crippen molar-refractivity contribution in [1.29, 1.82) is 0 Å². The molecular weight excluding hydrogens is 541 g/mol. The van der Waals surface area contributed by atoms with Crippen molar-refractivity contribution in [2.75, 3.05) is 19.7 Å². The molecule has 0 aliphatic carbocycles. The summed E-state index contributed by atoms with van der Waals surface area (Å²) in [5.74, 6) is -4.68. The zero-order chi connectivity index (χ0) is 28.9. The minimum Gasteiger partial charge on any atom is -0.394 e. The van der Waals surface area contributed by atoms with E-state index in [0.29, 0.717) is 24.9 Å². The molecule has 0 radical (unpaired) electrons. The number of rotatable bonds is 4. The molecule has 1 aromatic heterocycles. The fraction of sp³-hybridized carbons (Fsp3) is 0.345. The van der Waals surface area contributed by atoms with Crippen molar-refractivity contribution in [3.8, 4) is 11.3 Å². The molecule has 2 saturated heterocycles. The van der Waals surface area contributed by atoms with Crippen LogP contribution in [0.3, 0.4) is 0 Å². The van der Waals surface area contributed by atoms with E-state index in [2.05, 4.69) is 10.3 Å². The van der Waals surface area contributed by atoms with Crippen LogP contribution in [0.1, 0.15) is 29.2 Å². The molecule has 12 heteroatoms. The SMILES string of the molecule is O=C(c1ccc2ccccc2c1)N1CCC[C@]2(C1)O[C@H](CO)[C@H](O)[C@H](n1cc(-c3cc(F)c(F)c(F)c3)nn1)[C@H]2O. The van der Waals surface area contributed by atoms with Crippen LogP contribution in [-0.2, 0) is 4.74 Å². The first-order valence-corrected chi connectivity index (χ1v) is 13.2. The lowest BCUT2D eigenvalue weighted by molar-refractivity contribution is -0.266. The molecule has 3 heterocycles. The van der Waals surface area contributed by atoms with E-state index in [-0.39, 0.29) is 23.7 Å². The molecule has 2 fully saturated rings. The van der Waals surface area contributed by atoms with Crippen LogP contribution in [0.2, 0.25) is 0 Å². The second kappa shape index (κ2) is 10.5. The molecule has 0 saturated carbocycles. The number of nitrogens with zero attached hydrogens (tertiary/aromatic N) is 4. The van der Waals surface area contributed by atoms with Gasteiger partial charge in [-0.15, -0.1) is 5.10 Å². The lowest BCUT2D eigenvalue weighted by Crippen LogP contribution is -2.68. The Morgan fingerprint density at radius 3 is 2.51 bits per heavy atom. The third-order valence-electron chi connectivity index (χ3n) is 8.02. The van der Waals surface area contributed by atoms with Crippen LogP contribution in [0.25, 0.3) is 22.0 Å². The highest BCUT2D eigenvalue weighted by molar-refractivity contribution is 5.98. The van der Waals surface area contributed by atoms with Gasteiger partial charge >= 0.3 is 0 Å². The van der Waals surface area contributed by atoms with Crippen LogP contribution in [0.5, 0.6) is 0 Å². The molecule has 5 atom stereocenters. The maximum atomic E-state index is 13.8. The Hall–Kier alpha value is -3.84. The van der Waals surface area contributed by atoms with Crippen molar-refractivity contribution in [3.63, 3.8) is 0 Å². The molecule has 3 aromatic carbocycles. The molecule has 0 unspecified atom stereocenters. The molecule has 6 rings (SSSR count). The number of ether oxygens (including phenoxy) is 1. The Labute approximate surface area is 232 Å². The summed E-state index contributed by atoms with van der Waals surface area (Å²) in [5.41, 5.74) is -1.01. The van der Waals surface area contributed by atoms with Crippen LogP contribution in [0.15, 0.2) is 60.8 Å². The van der Waals surface area contributed by atoms with Crippen molar-refractivity contribution in [3.05, 3.63) is 83.8 Å². The summed E-state index contributed by atoms with van der Waals surface area (Å²) in [6, 6.07) is 13.4. The third-order valence-corrected chi connectivity index (χ3v) is 8.02. The fourth-order valence-corrected chi connectivity index (χ4v) is 5.93. The molecule has 214 valence electrons. The molecule has 4 aromatic rings. The number of aliphatic hydroxyl groups excluding tert-OH is 3. The number of fused-ring (bicyclic) bond motifs is 1. The van der Waals surface area contributed by atoms with Gasteiger partial charge in [0.05, 0.1) is 19.3 Å². The number of aromatic nitrogens is 3. The van der Waals surface area contributed by atoms with Gasteiger partial charge in [-0.25, -0.2) is 17.9 Å². The average Bonchev–Trinajstić information content (AvgIpc) is 3.47. The van der Waals surface area contributed by atoms with Gasteiger partial charge in [-0.3, -0.25) is 4.79 Å². The van der Waals surface area contributed by atoms with E-state index in [1.165, 1.54) is 6.20 Å². The lowest BCUT2D eigenvalue weighted by Gasteiger charge is -2.53. The Morgan fingerprint density at radius 2 is 1.78 bits per heavy atom. The van der Waals surface area contributed by atoms with Gasteiger partial charge in [-0.05, 0) is 47.9 Å². The van der Waals surface area contributed by atoms with Gasteiger partial charge in [0.25, 0.3) is 5.91 Å². The molecule has 3 N–H and O–H groups in total. The maximum Gasteiger partial charge on any atom is 0.253 e. The number of hydrogen-bond donors (Lipinski definition) is 3. The molecule has 0 bridgehead atoms. The first-order valence-electron chi connectivity index (χ1n) is 13.2. The number of piperidine rings is 1. The van der Waals surface area contributed by atoms with Crippen molar-refractivity contribution in [2.45, 2.75) is 42.8 Å². The van der Waals surface area contributed by atoms with E-state index in [1.54, 1.807) is 17.0 Å². The highest BCUT2D eigenvalue weighted by Crippen LogP contribution is 2.42. The predicted octanol–water partition coefficient (Wildman–Crippen LogP) is 2.84. The Bertz CT molecular complexity index is 1590. The average molecular weight is 569 g/mol. The fourth-order valence-electron chi connectivity index (χ4n) is 5.93. The van der Waals surface area contributed by atoms with Gasteiger partial charge in [-0.2, -0.15) is 0 Å². The molecule has 9 nitrogen and oxygen atoms in total. The smallest absolute Gasteiger partial charge is 0.253 e. The largest absolute Gasteiger partial charge is 0.394 e. The normalized spacial score (nSPS) is 26.5. The zero-order valence-corrected chi connectivity index (χ0v) is 21.7. The van der Waals surface area contributed by atoms with Gasteiger partial charge in [0.15, 0.2) is 17.5 Å². The second-order valence-corrected chi connectivity index (χ2v) is 10.6. The van der Waals surface area contributed by atoms with Gasteiger partial charge in [0, 0.05) is 17.7 Å². The van der Waals surface area contributed by atoms with Crippen molar-refractivity contribution < 1.29 is 38.0 Å². The number of benzene rings is 3. The van der Waals surface area contributed by atoms with Gasteiger partial charge in [0.1, 0.15) is 35.6 Å². The van der Waals surface area contributed by atoms with Crippen molar-refractivity contribution in [1.82, 2.24) is 19.9 Å². The minimum atomic E-state index is -1.62. The predicted molar refractivity (Wildman–Crippen MR) is 140 cm³/mol. The summed E-state index contributed by atoms with van der Waals surface area (Å²) in [6.07, 6.45) is -1.92. The topological polar surface area (TPSA) is 121 Å². The molecule has 1 spiro atoms. The zero-order valence-electron chi connectivity index (χ0n) is 21.7. The van der Waals surface area contributed by atoms with Crippen LogP contribution < -0.4 is 0 Å². The Morgan fingerprint density at radius 1 is 1.05 bits per heavy atom. The summed E-state index contributed by atoms with van der Waals surface area (Å²) in [6.45, 7) is -0.189. The Kier molecular flexibility index (Phi) is 7.02. The first kappa shape index (κ1) is 27.3. The number of carbonyl (C=O) groups is 1. The number of likely N-dealkylation sites (tertiary alicyclic amines) is 1. The first-order chi connectivity index (χ1) is 19.7. The quantitative estimate of drug-likeness (QED) is 0.324. The van der Waals surface area contributed by atoms with Crippen LogP contribution in [0.4, 0.5) is 13.2 Å². The monoisotopic (exact) mass is 568 g/mol. The highest BCUT2D eigenvalue weighted by Gasteiger charge is 2.56. The minimum absolute atomic E-state index is 0.0184. The van der Waals surface area contributed by atoms with E-state index < -0.39 is 54.0 Å². The number of hydrogen-bond acceptors (Lipinski definition) is 7. The lowest BCUT2D eigenvalue weighted by atomic mass is 9.78. The number of carbonyl (C=O) groups excluding carboxylic acids is 1. The number of aliphatic hydroxyl groups is 3. The maximum absolute atomic E-state index is 13.8.